The molecule has 2 nitrogen and oxygen atoms in total. The number of hydrogen-bond acceptors (Lipinski definition) is 2. The first-order valence-electron chi connectivity index (χ1n) is 7.08. The number of furan rings is 1. The third-order valence-corrected chi connectivity index (χ3v) is 4.09. The van der Waals surface area contributed by atoms with E-state index in [0.29, 0.717) is 6.04 Å². The monoisotopic (exact) mass is 235 g/mol. The highest BCUT2D eigenvalue weighted by molar-refractivity contribution is 4.98. The lowest BCUT2D eigenvalue weighted by Crippen LogP contribution is -2.38. The lowest BCUT2D eigenvalue weighted by atomic mass is 9.99. The standard InChI is InChI=1S/C15H25NO/c1-3-13-6-4-8-15(13)16-12(2)9-10-14-7-5-11-17-14/h5,7,11-13,15-16H,3-4,6,8-10H2,1-2H3. The van der Waals surface area contributed by atoms with Crippen molar-refractivity contribution in [1.82, 2.24) is 5.32 Å². The first kappa shape index (κ1) is 12.7. The SMILES string of the molecule is CCC1CCCC1NC(C)CCc1ccco1. The summed E-state index contributed by atoms with van der Waals surface area (Å²) in [6, 6.07) is 5.39. The van der Waals surface area contributed by atoms with Gasteiger partial charge in [-0.2, -0.15) is 0 Å². The number of rotatable bonds is 6. The fourth-order valence-corrected chi connectivity index (χ4v) is 3.01. The third kappa shape index (κ3) is 3.60. The van der Waals surface area contributed by atoms with Crippen LogP contribution < -0.4 is 5.32 Å². The third-order valence-electron chi connectivity index (χ3n) is 4.09. The molecule has 1 aromatic rings. The molecule has 2 rings (SSSR count). The Morgan fingerprint density at radius 2 is 2.35 bits per heavy atom. The summed E-state index contributed by atoms with van der Waals surface area (Å²) in [6.07, 6.45) is 9.48. The second-order valence-corrected chi connectivity index (χ2v) is 5.39. The van der Waals surface area contributed by atoms with Gasteiger partial charge in [-0.25, -0.2) is 0 Å². The molecule has 3 unspecified atom stereocenters. The van der Waals surface area contributed by atoms with Crippen LogP contribution in [0.4, 0.5) is 0 Å². The zero-order valence-electron chi connectivity index (χ0n) is 11.1. The van der Waals surface area contributed by atoms with E-state index in [-0.39, 0.29) is 0 Å². The first-order chi connectivity index (χ1) is 8.29. The minimum atomic E-state index is 0.595. The molecule has 96 valence electrons. The molecule has 0 bridgehead atoms. The van der Waals surface area contributed by atoms with Crippen molar-refractivity contribution in [2.24, 2.45) is 5.92 Å². The summed E-state index contributed by atoms with van der Waals surface area (Å²) in [6.45, 7) is 4.62. The summed E-state index contributed by atoms with van der Waals surface area (Å²) in [5.41, 5.74) is 0. The molecular weight excluding hydrogens is 210 g/mol. The van der Waals surface area contributed by atoms with E-state index < -0.39 is 0 Å². The van der Waals surface area contributed by atoms with E-state index in [1.807, 2.05) is 6.07 Å². The molecule has 1 aliphatic rings. The maximum absolute atomic E-state index is 5.37. The van der Waals surface area contributed by atoms with Crippen molar-refractivity contribution in [1.29, 1.82) is 0 Å². The summed E-state index contributed by atoms with van der Waals surface area (Å²) in [5, 5.41) is 3.80. The van der Waals surface area contributed by atoms with Crippen LogP contribution in [0.25, 0.3) is 0 Å². The highest BCUT2D eigenvalue weighted by Gasteiger charge is 2.26. The summed E-state index contributed by atoms with van der Waals surface area (Å²) in [7, 11) is 0. The van der Waals surface area contributed by atoms with E-state index in [0.717, 1.165) is 24.1 Å². The van der Waals surface area contributed by atoms with Gasteiger partial charge in [0.1, 0.15) is 5.76 Å². The summed E-state index contributed by atoms with van der Waals surface area (Å²) >= 11 is 0. The van der Waals surface area contributed by atoms with Gasteiger partial charge in [-0.15, -0.1) is 0 Å². The second kappa shape index (κ2) is 6.25. The topological polar surface area (TPSA) is 25.2 Å². The van der Waals surface area contributed by atoms with E-state index in [4.69, 9.17) is 4.42 Å². The average molecular weight is 235 g/mol. The van der Waals surface area contributed by atoms with Crippen LogP contribution in [-0.4, -0.2) is 12.1 Å². The van der Waals surface area contributed by atoms with Crippen LogP contribution in [0.5, 0.6) is 0 Å². The molecule has 1 N–H and O–H groups in total. The molecular formula is C15H25NO. The van der Waals surface area contributed by atoms with Gasteiger partial charge in [-0.1, -0.05) is 19.8 Å². The molecule has 0 aliphatic heterocycles. The summed E-state index contributed by atoms with van der Waals surface area (Å²) in [5.74, 6) is 2.01. The van der Waals surface area contributed by atoms with Crippen molar-refractivity contribution in [3.05, 3.63) is 24.2 Å². The zero-order valence-corrected chi connectivity index (χ0v) is 11.1. The van der Waals surface area contributed by atoms with Gasteiger partial charge in [0.2, 0.25) is 0 Å². The molecule has 3 atom stereocenters. The molecule has 17 heavy (non-hydrogen) atoms. The minimum Gasteiger partial charge on any atom is -0.469 e. The zero-order chi connectivity index (χ0) is 12.1. The molecule has 0 radical (unpaired) electrons. The van der Waals surface area contributed by atoms with Gasteiger partial charge in [0.15, 0.2) is 0 Å². The van der Waals surface area contributed by atoms with Gasteiger partial charge in [-0.05, 0) is 44.2 Å². The van der Waals surface area contributed by atoms with Crippen LogP contribution >= 0.6 is 0 Å². The van der Waals surface area contributed by atoms with E-state index >= 15 is 0 Å². The Hall–Kier alpha value is -0.760. The van der Waals surface area contributed by atoms with Gasteiger partial charge >= 0.3 is 0 Å². The minimum absolute atomic E-state index is 0.595. The molecule has 0 amide bonds. The van der Waals surface area contributed by atoms with Gasteiger partial charge in [0, 0.05) is 18.5 Å². The van der Waals surface area contributed by atoms with Crippen molar-refractivity contribution >= 4 is 0 Å². The van der Waals surface area contributed by atoms with Crippen LogP contribution in [-0.2, 0) is 6.42 Å². The van der Waals surface area contributed by atoms with Gasteiger partial charge in [0.25, 0.3) is 0 Å². The number of nitrogens with one attached hydrogen (secondary N) is 1. The Morgan fingerprint density at radius 3 is 3.06 bits per heavy atom. The van der Waals surface area contributed by atoms with Crippen LogP contribution in [0.15, 0.2) is 22.8 Å². The first-order valence-corrected chi connectivity index (χ1v) is 7.08. The van der Waals surface area contributed by atoms with E-state index in [9.17, 15) is 0 Å². The fourth-order valence-electron chi connectivity index (χ4n) is 3.01. The lowest BCUT2D eigenvalue weighted by Gasteiger charge is -2.24. The Balaban J connectivity index is 1.71. The smallest absolute Gasteiger partial charge is 0.103 e. The molecule has 0 spiro atoms. The normalized spacial score (nSPS) is 26.2. The molecule has 1 saturated carbocycles. The van der Waals surface area contributed by atoms with Crippen LogP contribution in [0.3, 0.4) is 0 Å². The quantitative estimate of drug-likeness (QED) is 0.812. The molecule has 0 aromatic carbocycles. The molecule has 2 heteroatoms. The molecule has 0 saturated heterocycles. The van der Waals surface area contributed by atoms with E-state index in [1.165, 1.54) is 32.1 Å². The number of aryl methyl sites for hydroxylation is 1. The van der Waals surface area contributed by atoms with Crippen LogP contribution in [0, 0.1) is 5.92 Å². The van der Waals surface area contributed by atoms with Crippen molar-refractivity contribution in [3.8, 4) is 0 Å². The molecule has 1 aliphatic carbocycles. The Morgan fingerprint density at radius 1 is 1.47 bits per heavy atom. The number of hydrogen-bond donors (Lipinski definition) is 1. The highest BCUT2D eigenvalue weighted by atomic mass is 16.3. The Bertz CT molecular complexity index is 307. The van der Waals surface area contributed by atoms with Gasteiger partial charge in [0.05, 0.1) is 6.26 Å². The maximum Gasteiger partial charge on any atom is 0.103 e. The average Bonchev–Trinajstić information content (AvgIpc) is 2.97. The molecule has 1 heterocycles. The summed E-state index contributed by atoms with van der Waals surface area (Å²) in [4.78, 5) is 0. The molecule has 1 fully saturated rings. The predicted molar refractivity (Wildman–Crippen MR) is 71.0 cm³/mol. The van der Waals surface area contributed by atoms with Gasteiger partial charge < -0.3 is 9.73 Å². The highest BCUT2D eigenvalue weighted by Crippen LogP contribution is 2.28. The molecule has 1 aromatic heterocycles. The van der Waals surface area contributed by atoms with E-state index in [1.54, 1.807) is 6.26 Å². The van der Waals surface area contributed by atoms with Crippen molar-refractivity contribution in [2.45, 2.75) is 64.5 Å². The largest absolute Gasteiger partial charge is 0.469 e. The second-order valence-electron chi connectivity index (χ2n) is 5.39. The maximum atomic E-state index is 5.37. The Labute approximate surface area is 105 Å². The van der Waals surface area contributed by atoms with E-state index in [2.05, 4.69) is 25.2 Å². The summed E-state index contributed by atoms with van der Waals surface area (Å²) < 4.78 is 5.37. The Kier molecular flexibility index (Phi) is 4.66. The fraction of sp³-hybridized carbons (Fsp3) is 0.733. The van der Waals surface area contributed by atoms with Gasteiger partial charge in [-0.3, -0.25) is 0 Å². The lowest BCUT2D eigenvalue weighted by molar-refractivity contribution is 0.344. The van der Waals surface area contributed by atoms with Crippen molar-refractivity contribution in [3.63, 3.8) is 0 Å². The predicted octanol–water partition coefficient (Wildman–Crippen LogP) is 3.77. The van der Waals surface area contributed by atoms with Crippen LogP contribution in [0.2, 0.25) is 0 Å². The van der Waals surface area contributed by atoms with Crippen LogP contribution in [0.1, 0.15) is 51.7 Å². The van der Waals surface area contributed by atoms with Crippen molar-refractivity contribution < 1.29 is 4.42 Å². The van der Waals surface area contributed by atoms with Crippen molar-refractivity contribution in [2.75, 3.05) is 0 Å².